The zero-order chi connectivity index (χ0) is 16.4. The molecule has 8 heteroatoms. The molecule has 0 unspecified atom stereocenters. The Morgan fingerprint density at radius 2 is 1.48 bits per heavy atom. The Bertz CT molecular complexity index is 909. The van der Waals surface area contributed by atoms with Crippen LogP contribution in [0.5, 0.6) is 5.75 Å². The molecule has 0 saturated carbocycles. The summed E-state index contributed by atoms with van der Waals surface area (Å²) in [6.07, 6.45) is 0. The number of hydrogen-bond donors (Lipinski definition) is 3. The highest BCUT2D eigenvalue weighted by Crippen LogP contribution is 2.34. The molecule has 0 amide bonds. The van der Waals surface area contributed by atoms with Crippen LogP contribution in [0.2, 0.25) is 10.0 Å². The highest BCUT2D eigenvalue weighted by Gasteiger charge is 2.12. The Hall–Kier alpha value is -2.57. The number of nitrogens with one attached hydrogen (secondary N) is 2. The van der Waals surface area contributed by atoms with E-state index in [9.17, 15) is 9.90 Å². The summed E-state index contributed by atoms with van der Waals surface area (Å²) in [6.45, 7) is 0. The molecule has 0 aliphatic rings. The zero-order valence-electron chi connectivity index (χ0n) is 11.5. The van der Waals surface area contributed by atoms with Gasteiger partial charge in [-0.25, -0.2) is 0 Å². The Morgan fingerprint density at radius 3 is 2.13 bits per heavy atom. The zero-order valence-corrected chi connectivity index (χ0v) is 13.1. The molecule has 0 radical (unpaired) electrons. The topological polar surface area (TPSA) is 93.6 Å². The summed E-state index contributed by atoms with van der Waals surface area (Å²) < 4.78 is 0. The van der Waals surface area contributed by atoms with E-state index >= 15 is 0 Å². The van der Waals surface area contributed by atoms with Crippen molar-refractivity contribution in [1.82, 2.24) is 10.2 Å². The first-order valence-corrected chi connectivity index (χ1v) is 7.27. The lowest BCUT2D eigenvalue weighted by atomic mass is 10.1. The Labute approximate surface area is 140 Å². The number of nitrogens with zero attached hydrogens (tertiary/aromatic N) is 2. The number of rotatable bonds is 3. The Morgan fingerprint density at radius 1 is 0.870 bits per heavy atom. The number of aromatic hydroxyl groups is 1. The van der Waals surface area contributed by atoms with Gasteiger partial charge >= 0.3 is 0 Å². The molecule has 23 heavy (non-hydrogen) atoms. The first kappa shape index (κ1) is 15.3. The molecule has 0 saturated heterocycles. The molecule has 0 spiro atoms. The lowest BCUT2D eigenvalue weighted by molar-refractivity contribution is 0.475. The minimum atomic E-state index is -0.431. The molecule has 3 rings (SSSR count). The highest BCUT2D eigenvalue weighted by atomic mass is 35.5. The van der Waals surface area contributed by atoms with Gasteiger partial charge in [0.25, 0.3) is 5.56 Å². The fraction of sp³-hybridized carbons (Fsp3) is 0. The minimum absolute atomic E-state index is 0.0895. The number of aromatic amines is 2. The molecule has 2 aromatic carbocycles. The van der Waals surface area contributed by atoms with Gasteiger partial charge in [0.2, 0.25) is 0 Å². The van der Waals surface area contributed by atoms with Gasteiger partial charge in [-0.15, -0.1) is 10.2 Å². The van der Waals surface area contributed by atoms with Gasteiger partial charge in [0.05, 0.1) is 15.7 Å². The maximum atomic E-state index is 11.9. The van der Waals surface area contributed by atoms with Crippen LogP contribution in [-0.4, -0.2) is 15.3 Å². The van der Waals surface area contributed by atoms with E-state index in [4.69, 9.17) is 23.2 Å². The quantitative estimate of drug-likeness (QED) is 0.593. The van der Waals surface area contributed by atoms with E-state index in [0.29, 0.717) is 21.3 Å². The summed E-state index contributed by atoms with van der Waals surface area (Å²) in [5.74, 6) is 0.123. The van der Waals surface area contributed by atoms with Crippen LogP contribution in [0.1, 0.15) is 0 Å². The van der Waals surface area contributed by atoms with Crippen molar-refractivity contribution in [2.45, 2.75) is 0 Å². The van der Waals surface area contributed by atoms with Crippen LogP contribution in [0.25, 0.3) is 11.3 Å². The van der Waals surface area contributed by atoms with Crippen molar-refractivity contribution in [1.29, 1.82) is 0 Å². The van der Waals surface area contributed by atoms with Crippen molar-refractivity contribution in [2.24, 2.45) is 10.2 Å². The van der Waals surface area contributed by atoms with Crippen molar-refractivity contribution in [3.63, 3.8) is 0 Å². The van der Waals surface area contributed by atoms with Crippen LogP contribution < -0.4 is 5.56 Å². The average molecular weight is 349 g/mol. The SMILES string of the molecule is O=c1[nH][nH]c(-c2ccc(O)cc2)c1N=Nc1c(Cl)cccc1Cl. The molecule has 0 aliphatic carbocycles. The second kappa shape index (κ2) is 6.28. The predicted octanol–water partition coefficient (Wildman–Crippen LogP) is 4.80. The molecular weight excluding hydrogens is 339 g/mol. The van der Waals surface area contributed by atoms with Crippen LogP contribution in [0.4, 0.5) is 11.4 Å². The average Bonchev–Trinajstić information content (AvgIpc) is 2.89. The molecule has 116 valence electrons. The smallest absolute Gasteiger partial charge is 0.292 e. The Kier molecular flexibility index (Phi) is 4.18. The summed E-state index contributed by atoms with van der Waals surface area (Å²) >= 11 is 12.0. The van der Waals surface area contributed by atoms with Gasteiger partial charge in [0.15, 0.2) is 5.69 Å². The number of azo groups is 1. The van der Waals surface area contributed by atoms with E-state index in [0.717, 1.165) is 0 Å². The fourth-order valence-electron chi connectivity index (χ4n) is 1.97. The van der Waals surface area contributed by atoms with Gasteiger partial charge in [0.1, 0.15) is 11.4 Å². The van der Waals surface area contributed by atoms with Crippen molar-refractivity contribution >= 4 is 34.6 Å². The number of aromatic nitrogens is 2. The van der Waals surface area contributed by atoms with Crippen LogP contribution >= 0.6 is 23.2 Å². The Balaban J connectivity index is 2.04. The summed E-state index contributed by atoms with van der Waals surface area (Å²) in [6, 6.07) is 11.3. The van der Waals surface area contributed by atoms with Gasteiger partial charge in [0, 0.05) is 5.56 Å². The van der Waals surface area contributed by atoms with E-state index in [1.54, 1.807) is 30.3 Å². The van der Waals surface area contributed by atoms with Crippen molar-refractivity contribution in [3.05, 3.63) is 62.9 Å². The number of phenolic OH excluding ortho intramolecular Hbond substituents is 1. The van der Waals surface area contributed by atoms with Crippen LogP contribution in [0.15, 0.2) is 57.5 Å². The van der Waals surface area contributed by atoms with Gasteiger partial charge in [-0.1, -0.05) is 29.3 Å². The number of halogens is 2. The van der Waals surface area contributed by atoms with Gasteiger partial charge in [-0.2, -0.15) is 0 Å². The molecule has 3 N–H and O–H groups in total. The fourth-order valence-corrected chi connectivity index (χ4v) is 2.44. The number of H-pyrrole nitrogens is 2. The summed E-state index contributed by atoms with van der Waals surface area (Å²) in [7, 11) is 0. The van der Waals surface area contributed by atoms with Crippen molar-refractivity contribution in [2.75, 3.05) is 0 Å². The predicted molar refractivity (Wildman–Crippen MR) is 89.2 cm³/mol. The monoisotopic (exact) mass is 348 g/mol. The minimum Gasteiger partial charge on any atom is -0.508 e. The maximum Gasteiger partial charge on any atom is 0.292 e. The van der Waals surface area contributed by atoms with E-state index in [-0.39, 0.29) is 17.1 Å². The molecule has 6 nitrogen and oxygen atoms in total. The highest BCUT2D eigenvalue weighted by molar-refractivity contribution is 6.38. The largest absolute Gasteiger partial charge is 0.508 e. The van der Waals surface area contributed by atoms with Gasteiger partial charge < -0.3 is 5.11 Å². The second-order valence-electron chi connectivity index (χ2n) is 4.62. The normalized spacial score (nSPS) is 11.2. The molecule has 0 atom stereocenters. The molecular formula is C15H10Cl2N4O2. The van der Waals surface area contributed by atoms with Crippen molar-refractivity contribution < 1.29 is 5.11 Å². The summed E-state index contributed by atoms with van der Waals surface area (Å²) in [5, 5.41) is 23.2. The van der Waals surface area contributed by atoms with Crippen LogP contribution in [0, 0.1) is 0 Å². The standard InChI is InChI=1S/C15H10Cl2N4O2/c16-10-2-1-3-11(17)13(10)19-20-14-12(18-21-15(14)23)8-4-6-9(22)7-5-8/h1-7,22H,(H2,18,21,23). The molecule has 0 aliphatic heterocycles. The molecule has 1 aromatic heterocycles. The lowest BCUT2D eigenvalue weighted by Gasteiger charge is -2.00. The van der Waals surface area contributed by atoms with E-state index in [1.165, 1.54) is 12.1 Å². The molecule has 0 bridgehead atoms. The van der Waals surface area contributed by atoms with E-state index in [1.807, 2.05) is 0 Å². The van der Waals surface area contributed by atoms with E-state index in [2.05, 4.69) is 20.4 Å². The number of phenols is 1. The van der Waals surface area contributed by atoms with Crippen molar-refractivity contribution in [3.8, 4) is 17.0 Å². The molecule has 3 aromatic rings. The second-order valence-corrected chi connectivity index (χ2v) is 5.43. The number of hydrogen-bond acceptors (Lipinski definition) is 4. The summed E-state index contributed by atoms with van der Waals surface area (Å²) in [5.41, 5.74) is 1.06. The van der Waals surface area contributed by atoms with E-state index < -0.39 is 5.56 Å². The van der Waals surface area contributed by atoms with Gasteiger partial charge in [-0.3, -0.25) is 15.0 Å². The lowest BCUT2D eigenvalue weighted by Crippen LogP contribution is -1.96. The third-order valence-electron chi connectivity index (χ3n) is 3.10. The third-order valence-corrected chi connectivity index (χ3v) is 3.71. The molecule has 1 heterocycles. The third kappa shape index (κ3) is 3.13. The maximum absolute atomic E-state index is 11.9. The van der Waals surface area contributed by atoms with Gasteiger partial charge in [-0.05, 0) is 36.4 Å². The first-order valence-electron chi connectivity index (χ1n) is 6.52. The first-order chi connectivity index (χ1) is 11.1. The van der Waals surface area contributed by atoms with Crippen LogP contribution in [-0.2, 0) is 0 Å². The summed E-state index contributed by atoms with van der Waals surface area (Å²) in [4.78, 5) is 11.9. The van der Waals surface area contributed by atoms with Crippen LogP contribution in [0.3, 0.4) is 0 Å². The molecule has 0 fully saturated rings. The number of benzene rings is 2.